The number of benzene rings is 2. The highest BCUT2D eigenvalue weighted by Gasteiger charge is 2.06. The van der Waals surface area contributed by atoms with Crippen LogP contribution in [0.15, 0.2) is 48.5 Å². The summed E-state index contributed by atoms with van der Waals surface area (Å²) >= 11 is 0. The molecule has 0 spiro atoms. The van der Waals surface area contributed by atoms with Gasteiger partial charge in [0.05, 0.1) is 0 Å². The first-order chi connectivity index (χ1) is 9.69. The van der Waals surface area contributed by atoms with E-state index in [2.05, 4.69) is 5.32 Å². The SMILES string of the molecule is Cc1ccc(CN)cc1OCC(=O)Nc1ccccc1. The molecule has 0 unspecified atom stereocenters. The van der Waals surface area contributed by atoms with Gasteiger partial charge >= 0.3 is 0 Å². The predicted molar refractivity (Wildman–Crippen MR) is 79.6 cm³/mol. The minimum Gasteiger partial charge on any atom is -0.483 e. The van der Waals surface area contributed by atoms with Gasteiger partial charge in [-0.2, -0.15) is 0 Å². The second-order valence-corrected chi connectivity index (χ2v) is 4.51. The summed E-state index contributed by atoms with van der Waals surface area (Å²) in [6.07, 6.45) is 0. The fraction of sp³-hybridized carbons (Fsp3) is 0.188. The van der Waals surface area contributed by atoms with Gasteiger partial charge in [0.1, 0.15) is 5.75 Å². The van der Waals surface area contributed by atoms with Crippen LogP contribution in [0.5, 0.6) is 5.75 Å². The first-order valence-corrected chi connectivity index (χ1v) is 6.46. The third-order valence-electron chi connectivity index (χ3n) is 2.90. The minimum absolute atomic E-state index is 0.0240. The van der Waals surface area contributed by atoms with Crippen molar-refractivity contribution in [2.75, 3.05) is 11.9 Å². The number of anilines is 1. The van der Waals surface area contributed by atoms with Gasteiger partial charge in [-0.05, 0) is 36.2 Å². The fourth-order valence-corrected chi connectivity index (χ4v) is 1.79. The Morgan fingerprint density at radius 1 is 1.20 bits per heavy atom. The molecule has 4 heteroatoms. The van der Waals surface area contributed by atoms with Crippen molar-refractivity contribution in [3.05, 3.63) is 59.7 Å². The third-order valence-corrected chi connectivity index (χ3v) is 2.90. The molecule has 0 heterocycles. The number of carbonyl (C=O) groups excluding carboxylic acids is 1. The largest absolute Gasteiger partial charge is 0.483 e. The maximum Gasteiger partial charge on any atom is 0.262 e. The van der Waals surface area contributed by atoms with E-state index in [1.165, 1.54) is 0 Å². The van der Waals surface area contributed by atoms with Crippen molar-refractivity contribution in [3.63, 3.8) is 0 Å². The van der Waals surface area contributed by atoms with Crippen LogP contribution in [-0.4, -0.2) is 12.5 Å². The Kier molecular flexibility index (Phi) is 4.74. The van der Waals surface area contributed by atoms with Crippen molar-refractivity contribution in [1.29, 1.82) is 0 Å². The molecule has 0 aliphatic carbocycles. The summed E-state index contributed by atoms with van der Waals surface area (Å²) in [7, 11) is 0. The molecule has 2 aromatic rings. The van der Waals surface area contributed by atoms with Gasteiger partial charge in [0, 0.05) is 12.2 Å². The molecule has 0 atom stereocenters. The normalized spacial score (nSPS) is 10.1. The molecule has 3 N–H and O–H groups in total. The number of aryl methyl sites for hydroxylation is 1. The van der Waals surface area contributed by atoms with E-state index in [4.69, 9.17) is 10.5 Å². The highest BCUT2D eigenvalue weighted by Crippen LogP contribution is 2.19. The first kappa shape index (κ1) is 14.1. The van der Waals surface area contributed by atoms with Crippen LogP contribution in [0.4, 0.5) is 5.69 Å². The maximum atomic E-state index is 11.8. The number of amides is 1. The zero-order valence-corrected chi connectivity index (χ0v) is 11.4. The van der Waals surface area contributed by atoms with Crippen molar-refractivity contribution in [2.45, 2.75) is 13.5 Å². The Hall–Kier alpha value is -2.33. The molecule has 0 aliphatic rings. The molecule has 2 rings (SSSR count). The van der Waals surface area contributed by atoms with Gasteiger partial charge in [-0.25, -0.2) is 0 Å². The Bertz CT molecular complexity index is 582. The molecule has 0 aromatic heterocycles. The van der Waals surface area contributed by atoms with Crippen LogP contribution >= 0.6 is 0 Å². The van der Waals surface area contributed by atoms with Crippen LogP contribution in [0.3, 0.4) is 0 Å². The van der Waals surface area contributed by atoms with E-state index < -0.39 is 0 Å². The number of hydrogen-bond acceptors (Lipinski definition) is 3. The zero-order valence-electron chi connectivity index (χ0n) is 11.4. The average Bonchev–Trinajstić information content (AvgIpc) is 2.47. The zero-order chi connectivity index (χ0) is 14.4. The van der Waals surface area contributed by atoms with Gasteiger partial charge in [0.2, 0.25) is 0 Å². The molecule has 0 fully saturated rings. The lowest BCUT2D eigenvalue weighted by Gasteiger charge is -2.10. The van der Waals surface area contributed by atoms with Crippen LogP contribution in [0.2, 0.25) is 0 Å². The van der Waals surface area contributed by atoms with E-state index >= 15 is 0 Å². The molecule has 0 saturated heterocycles. The number of rotatable bonds is 5. The predicted octanol–water partition coefficient (Wildman–Crippen LogP) is 2.47. The molecule has 0 radical (unpaired) electrons. The number of nitrogens with two attached hydrogens (primary N) is 1. The number of carbonyl (C=O) groups is 1. The van der Waals surface area contributed by atoms with Crippen LogP contribution in [0, 0.1) is 6.92 Å². The van der Waals surface area contributed by atoms with Crippen LogP contribution in [-0.2, 0) is 11.3 Å². The van der Waals surface area contributed by atoms with Gasteiger partial charge in [0.25, 0.3) is 5.91 Å². The van der Waals surface area contributed by atoms with Crippen molar-refractivity contribution in [1.82, 2.24) is 0 Å². The Morgan fingerprint density at radius 2 is 1.95 bits per heavy atom. The van der Waals surface area contributed by atoms with Gasteiger partial charge in [-0.3, -0.25) is 4.79 Å². The highest BCUT2D eigenvalue weighted by atomic mass is 16.5. The second-order valence-electron chi connectivity index (χ2n) is 4.51. The van der Waals surface area contributed by atoms with E-state index in [9.17, 15) is 4.79 Å². The minimum atomic E-state index is -0.186. The number of para-hydroxylation sites is 1. The molecular formula is C16H18N2O2. The van der Waals surface area contributed by atoms with Crippen LogP contribution in [0.25, 0.3) is 0 Å². The molecule has 4 nitrogen and oxygen atoms in total. The molecule has 0 bridgehead atoms. The highest BCUT2D eigenvalue weighted by molar-refractivity contribution is 5.91. The van der Waals surface area contributed by atoms with Gasteiger partial charge < -0.3 is 15.8 Å². The molecule has 0 saturated carbocycles. The smallest absolute Gasteiger partial charge is 0.262 e. The second kappa shape index (κ2) is 6.73. The standard InChI is InChI=1S/C16H18N2O2/c1-12-7-8-13(10-17)9-15(12)20-11-16(19)18-14-5-3-2-4-6-14/h2-9H,10-11,17H2,1H3,(H,18,19). The molecule has 1 amide bonds. The number of hydrogen-bond donors (Lipinski definition) is 2. The van der Waals surface area contributed by atoms with Crippen LogP contribution in [0.1, 0.15) is 11.1 Å². The summed E-state index contributed by atoms with van der Waals surface area (Å²) in [5.74, 6) is 0.505. The number of ether oxygens (including phenoxy) is 1. The quantitative estimate of drug-likeness (QED) is 0.877. The summed E-state index contributed by atoms with van der Waals surface area (Å²) < 4.78 is 5.55. The summed E-state index contributed by atoms with van der Waals surface area (Å²) in [6, 6.07) is 15.0. The first-order valence-electron chi connectivity index (χ1n) is 6.46. The Balaban J connectivity index is 1.93. The van der Waals surface area contributed by atoms with Gasteiger partial charge in [-0.1, -0.05) is 30.3 Å². The average molecular weight is 270 g/mol. The number of nitrogens with one attached hydrogen (secondary N) is 1. The van der Waals surface area contributed by atoms with Gasteiger partial charge in [-0.15, -0.1) is 0 Å². The summed E-state index contributed by atoms with van der Waals surface area (Å²) in [5, 5.41) is 2.77. The van der Waals surface area contributed by atoms with Crippen molar-refractivity contribution in [2.24, 2.45) is 5.73 Å². The lowest BCUT2D eigenvalue weighted by Crippen LogP contribution is -2.20. The van der Waals surface area contributed by atoms with E-state index in [-0.39, 0.29) is 12.5 Å². The Labute approximate surface area is 118 Å². The van der Waals surface area contributed by atoms with Gasteiger partial charge in [0.15, 0.2) is 6.61 Å². The maximum absolute atomic E-state index is 11.8. The Morgan fingerprint density at radius 3 is 2.65 bits per heavy atom. The summed E-state index contributed by atoms with van der Waals surface area (Å²) in [4.78, 5) is 11.8. The van der Waals surface area contributed by atoms with Crippen molar-refractivity contribution < 1.29 is 9.53 Å². The van der Waals surface area contributed by atoms with Crippen LogP contribution < -0.4 is 15.8 Å². The fourth-order valence-electron chi connectivity index (χ4n) is 1.79. The van der Waals surface area contributed by atoms with Crippen molar-refractivity contribution >= 4 is 11.6 Å². The molecule has 2 aromatic carbocycles. The monoisotopic (exact) mass is 270 g/mol. The summed E-state index contributed by atoms with van der Waals surface area (Å²) in [6.45, 7) is 2.36. The molecule has 20 heavy (non-hydrogen) atoms. The summed E-state index contributed by atoms with van der Waals surface area (Å²) in [5.41, 5.74) is 8.31. The lowest BCUT2D eigenvalue weighted by atomic mass is 10.1. The topological polar surface area (TPSA) is 64.3 Å². The molecule has 104 valence electrons. The molecular weight excluding hydrogens is 252 g/mol. The molecule has 0 aliphatic heterocycles. The van der Waals surface area contributed by atoms with Crippen molar-refractivity contribution in [3.8, 4) is 5.75 Å². The van der Waals surface area contributed by atoms with E-state index in [0.29, 0.717) is 12.3 Å². The van der Waals surface area contributed by atoms with E-state index in [1.54, 1.807) is 0 Å². The van der Waals surface area contributed by atoms with E-state index in [1.807, 2.05) is 55.5 Å². The third kappa shape index (κ3) is 3.83. The van der Waals surface area contributed by atoms with E-state index in [0.717, 1.165) is 16.8 Å². The lowest BCUT2D eigenvalue weighted by molar-refractivity contribution is -0.118.